The van der Waals surface area contributed by atoms with E-state index in [1.54, 1.807) is 42.6 Å². The van der Waals surface area contributed by atoms with Crippen LogP contribution >= 0.6 is 0 Å². The fourth-order valence-corrected chi connectivity index (χ4v) is 4.57. The molecule has 0 amide bonds. The molecule has 1 aliphatic heterocycles. The molecule has 11 nitrogen and oxygen atoms in total. The highest BCUT2D eigenvalue weighted by molar-refractivity contribution is 5.92. The van der Waals surface area contributed by atoms with Crippen LogP contribution < -0.4 is 9.47 Å². The summed E-state index contributed by atoms with van der Waals surface area (Å²) >= 11 is 0. The summed E-state index contributed by atoms with van der Waals surface area (Å²) in [6, 6.07) is 12.3. The summed E-state index contributed by atoms with van der Waals surface area (Å²) in [6.07, 6.45) is 4.78. The summed E-state index contributed by atoms with van der Waals surface area (Å²) in [5.41, 5.74) is 2.32. The highest BCUT2D eigenvalue weighted by Crippen LogP contribution is 2.25. The molecule has 194 valence electrons. The summed E-state index contributed by atoms with van der Waals surface area (Å²) < 4.78 is 13.8. The molecular weight excluding hydrogens is 486 g/mol. The van der Waals surface area contributed by atoms with Crippen molar-refractivity contribution in [3.05, 3.63) is 71.6 Å². The maximum atomic E-state index is 11.3. The molecule has 5 rings (SSSR count). The number of carboxylic acids is 1. The van der Waals surface area contributed by atoms with E-state index in [4.69, 9.17) is 19.7 Å². The van der Waals surface area contributed by atoms with Gasteiger partial charge in [0.1, 0.15) is 24.6 Å². The van der Waals surface area contributed by atoms with Crippen molar-refractivity contribution < 1.29 is 19.4 Å². The first-order valence-corrected chi connectivity index (χ1v) is 12.3. The zero-order valence-corrected chi connectivity index (χ0v) is 21.1. The Hall–Kier alpha value is -4.56. The van der Waals surface area contributed by atoms with E-state index in [1.807, 2.05) is 17.7 Å². The van der Waals surface area contributed by atoms with Crippen LogP contribution in [0.5, 0.6) is 11.8 Å². The van der Waals surface area contributed by atoms with E-state index in [2.05, 4.69) is 26.8 Å². The van der Waals surface area contributed by atoms with Crippen LogP contribution in [-0.4, -0.2) is 59.2 Å². The van der Waals surface area contributed by atoms with Crippen molar-refractivity contribution in [2.45, 2.75) is 45.1 Å². The maximum Gasteiger partial charge on any atom is 0.335 e. The van der Waals surface area contributed by atoms with Crippen LogP contribution in [0.1, 0.15) is 47.3 Å². The summed E-state index contributed by atoms with van der Waals surface area (Å²) in [4.78, 5) is 31.3. The Bertz CT molecular complexity index is 1500. The van der Waals surface area contributed by atoms with Crippen LogP contribution in [0.2, 0.25) is 0 Å². The minimum absolute atomic E-state index is 0.0173. The molecule has 0 saturated carbocycles. The summed E-state index contributed by atoms with van der Waals surface area (Å²) in [5.74, 6) is 1.32. The van der Waals surface area contributed by atoms with Crippen LogP contribution in [0, 0.1) is 11.3 Å². The van der Waals surface area contributed by atoms with Crippen molar-refractivity contribution in [1.82, 2.24) is 29.4 Å². The predicted molar refractivity (Wildman–Crippen MR) is 137 cm³/mol. The van der Waals surface area contributed by atoms with Gasteiger partial charge in [0.15, 0.2) is 5.82 Å². The number of carbonyl (C=O) groups is 1. The standard InChI is InChI=1S/C27H27N7O4/c1-17-11-20(38-26-7-9-29-23(32-26)16-37-25-6-3-18(13-28)14-30-25)8-10-34(17)15-24-31-21-5-4-19(27(35)36)12-22(21)33(24)2/h3-7,9,12,14,17,20H,8,10-11,15-16H2,1-2H3,(H,35,36). The molecule has 1 saturated heterocycles. The molecule has 4 aromatic rings. The third-order valence-corrected chi connectivity index (χ3v) is 6.71. The lowest BCUT2D eigenvalue weighted by Gasteiger charge is -2.37. The van der Waals surface area contributed by atoms with Crippen molar-refractivity contribution in [2.75, 3.05) is 6.54 Å². The van der Waals surface area contributed by atoms with Gasteiger partial charge in [0.05, 0.1) is 28.7 Å². The van der Waals surface area contributed by atoms with E-state index in [-0.39, 0.29) is 24.3 Å². The number of imidazole rings is 1. The van der Waals surface area contributed by atoms with E-state index < -0.39 is 5.97 Å². The van der Waals surface area contributed by atoms with Gasteiger partial charge >= 0.3 is 5.97 Å². The number of likely N-dealkylation sites (tertiary alicyclic amines) is 1. The third-order valence-electron chi connectivity index (χ3n) is 6.71. The van der Waals surface area contributed by atoms with Gasteiger partial charge < -0.3 is 19.1 Å². The second-order valence-electron chi connectivity index (χ2n) is 9.28. The number of carboxylic acid groups (broad SMARTS) is 1. The molecule has 2 atom stereocenters. The average molecular weight is 514 g/mol. The van der Waals surface area contributed by atoms with E-state index in [9.17, 15) is 9.90 Å². The number of aryl methyl sites for hydroxylation is 1. The fraction of sp³-hybridized carbons (Fsp3) is 0.333. The van der Waals surface area contributed by atoms with Crippen LogP contribution in [0.3, 0.4) is 0 Å². The largest absolute Gasteiger partial charge is 0.478 e. The summed E-state index contributed by atoms with van der Waals surface area (Å²) in [5, 5.41) is 18.2. The average Bonchev–Trinajstić information content (AvgIpc) is 3.23. The second kappa shape index (κ2) is 10.8. The SMILES string of the molecule is CC1CC(Oc2ccnc(COc3ccc(C#N)cn3)n2)CCN1Cc1nc2ccc(C(=O)O)cc2n1C. The number of rotatable bonds is 8. The minimum atomic E-state index is -0.947. The van der Waals surface area contributed by atoms with E-state index in [1.165, 1.54) is 6.20 Å². The minimum Gasteiger partial charge on any atom is -0.478 e. The zero-order chi connectivity index (χ0) is 26.6. The zero-order valence-electron chi connectivity index (χ0n) is 21.1. The molecule has 0 radical (unpaired) electrons. The smallest absolute Gasteiger partial charge is 0.335 e. The Morgan fingerprint density at radius 2 is 2.05 bits per heavy atom. The van der Waals surface area contributed by atoms with Crippen LogP contribution in [-0.2, 0) is 20.2 Å². The number of aromatic carboxylic acids is 1. The van der Waals surface area contributed by atoms with Crippen LogP contribution in [0.25, 0.3) is 11.0 Å². The molecule has 0 spiro atoms. The van der Waals surface area contributed by atoms with Gasteiger partial charge in [-0.05, 0) is 44.0 Å². The number of ether oxygens (including phenoxy) is 2. The van der Waals surface area contributed by atoms with Crippen LogP contribution in [0.15, 0.2) is 48.8 Å². The van der Waals surface area contributed by atoms with Gasteiger partial charge in [-0.2, -0.15) is 10.2 Å². The molecule has 3 aromatic heterocycles. The number of nitrogens with zero attached hydrogens (tertiary/aromatic N) is 7. The number of hydrogen-bond donors (Lipinski definition) is 1. The van der Waals surface area contributed by atoms with Gasteiger partial charge in [-0.3, -0.25) is 4.90 Å². The Kier molecular flexibility index (Phi) is 7.15. The number of pyridine rings is 1. The second-order valence-corrected chi connectivity index (χ2v) is 9.28. The Labute approximate surface area is 219 Å². The van der Waals surface area contributed by atoms with Crippen molar-refractivity contribution in [3.63, 3.8) is 0 Å². The van der Waals surface area contributed by atoms with Gasteiger partial charge in [-0.15, -0.1) is 0 Å². The normalized spacial score (nSPS) is 17.7. The number of benzene rings is 1. The molecule has 0 aliphatic carbocycles. The first kappa shape index (κ1) is 25.1. The number of piperidine rings is 1. The molecule has 1 N–H and O–H groups in total. The Morgan fingerprint density at radius 3 is 2.79 bits per heavy atom. The lowest BCUT2D eigenvalue weighted by atomic mass is 10.0. The first-order chi connectivity index (χ1) is 18.4. The molecule has 2 unspecified atom stereocenters. The van der Waals surface area contributed by atoms with E-state index in [0.717, 1.165) is 36.2 Å². The van der Waals surface area contributed by atoms with Gasteiger partial charge in [0.2, 0.25) is 11.8 Å². The topological polar surface area (TPSA) is 139 Å². The van der Waals surface area contributed by atoms with Gasteiger partial charge in [-0.1, -0.05) is 0 Å². The molecule has 38 heavy (non-hydrogen) atoms. The quantitative estimate of drug-likeness (QED) is 0.373. The molecular formula is C27H27N7O4. The van der Waals surface area contributed by atoms with Crippen molar-refractivity contribution in [1.29, 1.82) is 5.26 Å². The first-order valence-electron chi connectivity index (χ1n) is 12.3. The van der Waals surface area contributed by atoms with Crippen molar-refractivity contribution in [2.24, 2.45) is 7.05 Å². The molecule has 0 bridgehead atoms. The number of aromatic nitrogens is 5. The Balaban J connectivity index is 1.17. The lowest BCUT2D eigenvalue weighted by molar-refractivity contribution is 0.0538. The number of nitriles is 1. The number of hydrogen-bond acceptors (Lipinski definition) is 9. The summed E-state index contributed by atoms with van der Waals surface area (Å²) in [6.45, 7) is 3.81. The van der Waals surface area contributed by atoms with Gasteiger partial charge in [0.25, 0.3) is 0 Å². The van der Waals surface area contributed by atoms with E-state index >= 15 is 0 Å². The molecule has 4 heterocycles. The predicted octanol–water partition coefficient (Wildman–Crippen LogP) is 3.34. The van der Waals surface area contributed by atoms with Gasteiger partial charge in [-0.25, -0.2) is 19.7 Å². The van der Waals surface area contributed by atoms with Crippen LogP contribution in [0.4, 0.5) is 0 Å². The fourth-order valence-electron chi connectivity index (χ4n) is 4.57. The maximum absolute atomic E-state index is 11.3. The molecule has 11 heteroatoms. The van der Waals surface area contributed by atoms with E-state index in [0.29, 0.717) is 29.7 Å². The third kappa shape index (κ3) is 5.55. The number of fused-ring (bicyclic) bond motifs is 1. The molecule has 1 fully saturated rings. The lowest BCUT2D eigenvalue weighted by Crippen LogP contribution is -2.44. The van der Waals surface area contributed by atoms with Gasteiger partial charge in [0, 0.05) is 44.2 Å². The molecule has 1 aliphatic rings. The van der Waals surface area contributed by atoms with Crippen molar-refractivity contribution in [3.8, 4) is 17.8 Å². The molecule has 1 aromatic carbocycles. The highest BCUT2D eigenvalue weighted by Gasteiger charge is 2.28. The highest BCUT2D eigenvalue weighted by atomic mass is 16.5. The monoisotopic (exact) mass is 513 g/mol. The van der Waals surface area contributed by atoms with Crippen molar-refractivity contribution >= 4 is 17.0 Å². The Morgan fingerprint density at radius 1 is 1.18 bits per heavy atom. The summed E-state index contributed by atoms with van der Waals surface area (Å²) in [7, 11) is 1.92.